The Labute approximate surface area is 151 Å². The second kappa shape index (κ2) is 8.85. The fraction of sp³-hybridized carbons (Fsp3) is 0.316. The number of hydrogen-bond donors (Lipinski definition) is 2. The molecule has 2 aromatic rings. The molecule has 0 aliphatic carbocycles. The maximum Gasteiger partial charge on any atom is 0.282 e. The monoisotopic (exact) mass is 391 g/mol. The molecule has 0 saturated carbocycles. The van der Waals surface area contributed by atoms with Gasteiger partial charge in [0.25, 0.3) is 5.91 Å². The summed E-state index contributed by atoms with van der Waals surface area (Å²) in [7, 11) is 2.03. The lowest BCUT2D eigenvalue weighted by Gasteiger charge is -2.21. The third-order valence-electron chi connectivity index (χ3n) is 3.94. The topological polar surface area (TPSA) is 42.8 Å². The molecular weight excluding hydrogens is 368 g/mol. The minimum Gasteiger partial charge on any atom is -0.494 e. The third kappa shape index (κ3) is 5.35. The van der Waals surface area contributed by atoms with Crippen LogP contribution >= 0.6 is 15.9 Å². The van der Waals surface area contributed by atoms with Gasteiger partial charge in [-0.15, -0.1) is 0 Å². The Balaban J connectivity index is 1.93. The van der Waals surface area contributed by atoms with Crippen molar-refractivity contribution in [1.82, 2.24) is 0 Å². The number of amides is 1. The van der Waals surface area contributed by atoms with Crippen molar-refractivity contribution in [1.29, 1.82) is 0 Å². The molecule has 128 valence electrons. The smallest absolute Gasteiger partial charge is 0.282 e. The number of hydrogen-bond acceptors (Lipinski definition) is 2. The first-order valence-electron chi connectivity index (χ1n) is 8.10. The van der Waals surface area contributed by atoms with Gasteiger partial charge in [0.2, 0.25) is 0 Å². The highest BCUT2D eigenvalue weighted by Gasteiger charge is 2.22. The Hall–Kier alpha value is -1.85. The largest absolute Gasteiger partial charge is 0.494 e. The first-order chi connectivity index (χ1) is 11.5. The van der Waals surface area contributed by atoms with Gasteiger partial charge in [-0.1, -0.05) is 22.0 Å². The minimum atomic E-state index is -0.157. The predicted molar refractivity (Wildman–Crippen MR) is 100 cm³/mol. The lowest BCUT2D eigenvalue weighted by Crippen LogP contribution is -3.12. The van der Waals surface area contributed by atoms with Gasteiger partial charge in [0.15, 0.2) is 6.04 Å². The summed E-state index contributed by atoms with van der Waals surface area (Å²) in [4.78, 5) is 13.6. The molecule has 2 N–H and O–H groups in total. The molecule has 2 atom stereocenters. The summed E-state index contributed by atoms with van der Waals surface area (Å²) < 4.78 is 6.40. The Morgan fingerprint density at radius 1 is 1.25 bits per heavy atom. The van der Waals surface area contributed by atoms with E-state index in [2.05, 4.69) is 21.2 Å². The van der Waals surface area contributed by atoms with Gasteiger partial charge in [0, 0.05) is 15.7 Å². The Kier molecular flexibility index (Phi) is 6.82. The van der Waals surface area contributed by atoms with Crippen molar-refractivity contribution < 1.29 is 14.4 Å². The Morgan fingerprint density at radius 3 is 2.58 bits per heavy atom. The van der Waals surface area contributed by atoms with E-state index in [0.717, 1.165) is 27.4 Å². The van der Waals surface area contributed by atoms with E-state index in [9.17, 15) is 4.79 Å². The lowest BCUT2D eigenvalue weighted by atomic mass is 10.1. The normalized spacial score (nSPS) is 13.2. The summed E-state index contributed by atoms with van der Waals surface area (Å²) in [6, 6.07) is 15.5. The van der Waals surface area contributed by atoms with Crippen molar-refractivity contribution in [2.75, 3.05) is 19.0 Å². The molecule has 0 bridgehead atoms. The maximum atomic E-state index is 12.4. The molecule has 0 aliphatic heterocycles. The number of anilines is 1. The van der Waals surface area contributed by atoms with E-state index in [1.165, 1.54) is 5.56 Å². The van der Waals surface area contributed by atoms with Gasteiger partial charge in [0.1, 0.15) is 12.3 Å². The minimum absolute atomic E-state index is 0.0107. The summed E-state index contributed by atoms with van der Waals surface area (Å²) in [6.45, 7) is 5.35. The number of ether oxygens (including phenoxy) is 1. The van der Waals surface area contributed by atoms with Crippen LogP contribution in [-0.4, -0.2) is 25.6 Å². The Morgan fingerprint density at radius 2 is 1.96 bits per heavy atom. The average Bonchev–Trinajstić information content (AvgIpc) is 2.56. The zero-order chi connectivity index (χ0) is 17.5. The van der Waals surface area contributed by atoms with Crippen molar-refractivity contribution in [2.24, 2.45) is 0 Å². The molecule has 2 aromatic carbocycles. The molecule has 24 heavy (non-hydrogen) atoms. The van der Waals surface area contributed by atoms with Crippen LogP contribution in [0.2, 0.25) is 0 Å². The zero-order valence-electron chi connectivity index (χ0n) is 14.3. The molecule has 0 aromatic heterocycles. The van der Waals surface area contributed by atoms with E-state index in [1.54, 1.807) is 0 Å². The van der Waals surface area contributed by atoms with Crippen LogP contribution in [0.1, 0.15) is 19.4 Å². The number of rotatable bonds is 7. The summed E-state index contributed by atoms with van der Waals surface area (Å²) in [6.07, 6.45) is 0. The van der Waals surface area contributed by atoms with Crippen LogP contribution in [0.4, 0.5) is 5.69 Å². The number of nitrogens with one attached hydrogen (secondary N) is 2. The summed E-state index contributed by atoms with van der Waals surface area (Å²) in [5.41, 5.74) is 1.98. The number of likely N-dealkylation sites (N-methyl/N-ethyl adjacent to an activating group) is 1. The number of carbonyl (C=O) groups is 1. The molecule has 2 rings (SSSR count). The fourth-order valence-electron chi connectivity index (χ4n) is 2.39. The second-order valence-corrected chi connectivity index (χ2v) is 6.74. The number of carbonyl (C=O) groups excluding carboxylic acids is 1. The average molecular weight is 392 g/mol. The van der Waals surface area contributed by atoms with Crippen LogP contribution < -0.4 is 15.0 Å². The van der Waals surface area contributed by atoms with Crippen LogP contribution in [0.3, 0.4) is 0 Å². The number of benzene rings is 2. The lowest BCUT2D eigenvalue weighted by molar-refractivity contribution is -0.907. The van der Waals surface area contributed by atoms with E-state index in [-0.39, 0.29) is 11.9 Å². The molecule has 5 heteroatoms. The molecule has 0 fully saturated rings. The van der Waals surface area contributed by atoms with Crippen LogP contribution in [-0.2, 0) is 11.3 Å². The van der Waals surface area contributed by atoms with Crippen molar-refractivity contribution in [2.45, 2.75) is 26.4 Å². The van der Waals surface area contributed by atoms with Crippen LogP contribution in [0, 0.1) is 0 Å². The van der Waals surface area contributed by atoms with Gasteiger partial charge >= 0.3 is 0 Å². The molecule has 4 nitrogen and oxygen atoms in total. The quantitative estimate of drug-likeness (QED) is 0.761. The third-order valence-corrected chi connectivity index (χ3v) is 4.44. The van der Waals surface area contributed by atoms with Crippen molar-refractivity contribution in [3.63, 3.8) is 0 Å². The van der Waals surface area contributed by atoms with E-state index >= 15 is 0 Å². The SMILES string of the molecule is CCOc1ccc(C[NH+](C)[C@@H](C)C(=O)Nc2cccc(Br)c2)cc1. The fourth-order valence-corrected chi connectivity index (χ4v) is 2.79. The van der Waals surface area contributed by atoms with Gasteiger partial charge in [-0.25, -0.2) is 0 Å². The van der Waals surface area contributed by atoms with Crippen molar-refractivity contribution in [3.05, 3.63) is 58.6 Å². The van der Waals surface area contributed by atoms with Crippen molar-refractivity contribution in [3.8, 4) is 5.75 Å². The van der Waals surface area contributed by atoms with E-state index in [1.807, 2.05) is 69.4 Å². The first kappa shape index (κ1) is 18.5. The maximum absolute atomic E-state index is 12.4. The molecule has 1 amide bonds. The standard InChI is InChI=1S/C19H23BrN2O2/c1-4-24-18-10-8-15(9-11-18)13-22(3)14(2)19(23)21-17-7-5-6-16(20)12-17/h5-12,14H,4,13H2,1-3H3,(H,21,23)/p+1/t14-/m0/s1. The van der Waals surface area contributed by atoms with Gasteiger partial charge in [-0.3, -0.25) is 4.79 Å². The van der Waals surface area contributed by atoms with Crippen LogP contribution in [0.15, 0.2) is 53.0 Å². The van der Waals surface area contributed by atoms with Gasteiger partial charge < -0.3 is 15.0 Å². The molecular formula is C19H24BrN2O2+. The second-order valence-electron chi connectivity index (χ2n) is 5.82. The summed E-state index contributed by atoms with van der Waals surface area (Å²) in [5.74, 6) is 0.885. The van der Waals surface area contributed by atoms with Crippen molar-refractivity contribution >= 4 is 27.5 Å². The zero-order valence-corrected chi connectivity index (χ0v) is 15.9. The molecule has 0 saturated heterocycles. The van der Waals surface area contributed by atoms with Gasteiger partial charge in [-0.05, 0) is 56.3 Å². The van der Waals surface area contributed by atoms with Crippen LogP contribution in [0.5, 0.6) is 5.75 Å². The first-order valence-corrected chi connectivity index (χ1v) is 8.89. The molecule has 0 spiro atoms. The molecule has 1 unspecified atom stereocenters. The molecule has 0 heterocycles. The van der Waals surface area contributed by atoms with Crippen LogP contribution in [0.25, 0.3) is 0 Å². The summed E-state index contributed by atoms with van der Waals surface area (Å²) >= 11 is 3.41. The number of halogens is 1. The van der Waals surface area contributed by atoms with E-state index in [4.69, 9.17) is 4.74 Å². The van der Waals surface area contributed by atoms with Gasteiger partial charge in [0.05, 0.1) is 13.7 Å². The molecule has 0 aliphatic rings. The predicted octanol–water partition coefficient (Wildman–Crippen LogP) is 2.89. The Bertz CT molecular complexity index is 673. The van der Waals surface area contributed by atoms with Gasteiger partial charge in [-0.2, -0.15) is 0 Å². The molecule has 0 radical (unpaired) electrons. The van der Waals surface area contributed by atoms with E-state index < -0.39 is 0 Å². The highest BCUT2D eigenvalue weighted by Crippen LogP contribution is 2.15. The highest BCUT2D eigenvalue weighted by atomic mass is 79.9. The summed E-state index contributed by atoms with van der Waals surface area (Å²) in [5, 5.41) is 2.97. The number of quaternary nitrogens is 1. The highest BCUT2D eigenvalue weighted by molar-refractivity contribution is 9.10. The van der Waals surface area contributed by atoms with E-state index in [0.29, 0.717) is 6.61 Å².